The molecule has 5 heteroatoms. The predicted octanol–water partition coefficient (Wildman–Crippen LogP) is 1.05. The molecule has 0 unspecified atom stereocenters. The molecule has 0 aromatic carbocycles. The van der Waals surface area contributed by atoms with Crippen molar-refractivity contribution < 1.29 is 14.0 Å². The summed E-state index contributed by atoms with van der Waals surface area (Å²) in [5.41, 5.74) is 4.06. The van der Waals surface area contributed by atoms with Crippen LogP contribution in [-0.4, -0.2) is 18.0 Å². The number of nitrogens with one attached hydrogen (secondary N) is 2. The molecule has 0 spiro atoms. The van der Waals surface area contributed by atoms with Gasteiger partial charge in [-0.1, -0.05) is 0 Å². The Morgan fingerprint density at radius 3 is 3.23 bits per heavy atom. The fraction of sp³-hybridized carbons (Fsp3) is 0.125. The van der Waals surface area contributed by atoms with Gasteiger partial charge in [-0.15, -0.1) is 0 Å². The average molecular weight is 180 g/mol. The third-order valence-corrected chi connectivity index (χ3v) is 1.68. The molecule has 0 saturated heterocycles. The molecule has 0 fully saturated rings. The number of carbonyl (C=O) groups excluding carboxylic acids is 1. The van der Waals surface area contributed by atoms with Crippen LogP contribution in [0.2, 0.25) is 0 Å². The minimum Gasteiger partial charge on any atom is -0.463 e. The molecule has 13 heavy (non-hydrogen) atoms. The lowest BCUT2D eigenvalue weighted by Gasteiger charge is -1.96. The van der Waals surface area contributed by atoms with Gasteiger partial charge in [0.2, 0.25) is 0 Å². The van der Waals surface area contributed by atoms with E-state index in [9.17, 15) is 4.79 Å². The molecule has 0 bridgehead atoms. The lowest BCUT2D eigenvalue weighted by atomic mass is 10.4. The first-order valence-electron chi connectivity index (χ1n) is 3.71. The first-order valence-corrected chi connectivity index (χ1v) is 3.71. The van der Waals surface area contributed by atoms with E-state index in [0.29, 0.717) is 11.3 Å². The van der Waals surface area contributed by atoms with Crippen molar-refractivity contribution in [3.63, 3.8) is 0 Å². The fourth-order valence-corrected chi connectivity index (χ4v) is 1.12. The summed E-state index contributed by atoms with van der Waals surface area (Å²) in [6.45, 7) is 0. The molecule has 0 aliphatic carbocycles. The van der Waals surface area contributed by atoms with Crippen molar-refractivity contribution in [2.75, 3.05) is 7.11 Å². The molecular formula is C8H8N2O3. The summed E-state index contributed by atoms with van der Waals surface area (Å²) in [4.78, 5) is 18.6. The second kappa shape index (κ2) is 2.95. The van der Waals surface area contributed by atoms with Gasteiger partial charge in [0.1, 0.15) is 5.69 Å². The van der Waals surface area contributed by atoms with Gasteiger partial charge in [-0.2, -0.15) is 0 Å². The van der Waals surface area contributed by atoms with Crippen molar-refractivity contribution in [3.05, 3.63) is 24.1 Å². The van der Waals surface area contributed by atoms with Gasteiger partial charge in [-0.25, -0.2) is 5.48 Å². The van der Waals surface area contributed by atoms with Crippen molar-refractivity contribution >= 4 is 17.0 Å². The predicted molar refractivity (Wildman–Crippen MR) is 45.0 cm³/mol. The summed E-state index contributed by atoms with van der Waals surface area (Å²) in [6.07, 6.45) is 1.55. The van der Waals surface area contributed by atoms with E-state index in [0.717, 1.165) is 5.52 Å². The zero-order valence-corrected chi connectivity index (χ0v) is 6.96. The Kier molecular flexibility index (Phi) is 1.79. The maximum Gasteiger partial charge on any atom is 0.291 e. The monoisotopic (exact) mass is 180 g/mol. The second-order valence-electron chi connectivity index (χ2n) is 2.52. The largest absolute Gasteiger partial charge is 0.463 e. The topological polar surface area (TPSA) is 67.3 Å². The highest BCUT2D eigenvalue weighted by Crippen LogP contribution is 2.15. The number of H-pyrrole nitrogens is 1. The van der Waals surface area contributed by atoms with E-state index in [4.69, 9.17) is 4.42 Å². The molecule has 2 rings (SSSR count). The number of aromatic amines is 1. The van der Waals surface area contributed by atoms with Crippen molar-refractivity contribution in [1.29, 1.82) is 0 Å². The van der Waals surface area contributed by atoms with Gasteiger partial charge in [0.05, 0.1) is 18.9 Å². The molecule has 0 aliphatic rings. The van der Waals surface area contributed by atoms with Gasteiger partial charge in [0.25, 0.3) is 5.91 Å². The Hall–Kier alpha value is -1.75. The van der Waals surface area contributed by atoms with E-state index in [2.05, 4.69) is 15.3 Å². The quantitative estimate of drug-likeness (QED) is 0.679. The number of furan rings is 1. The summed E-state index contributed by atoms with van der Waals surface area (Å²) in [6, 6.07) is 3.36. The highest BCUT2D eigenvalue weighted by molar-refractivity contribution is 5.96. The minimum absolute atomic E-state index is 0.325. The molecule has 5 nitrogen and oxygen atoms in total. The van der Waals surface area contributed by atoms with Gasteiger partial charge >= 0.3 is 0 Å². The zero-order valence-electron chi connectivity index (χ0n) is 6.96. The van der Waals surface area contributed by atoms with Gasteiger partial charge < -0.3 is 9.40 Å². The van der Waals surface area contributed by atoms with Gasteiger partial charge in [0, 0.05) is 12.1 Å². The molecule has 2 aromatic rings. The number of carbonyl (C=O) groups is 1. The van der Waals surface area contributed by atoms with Crippen molar-refractivity contribution in [2.45, 2.75) is 0 Å². The van der Waals surface area contributed by atoms with Crippen molar-refractivity contribution in [1.82, 2.24) is 10.5 Å². The third-order valence-electron chi connectivity index (χ3n) is 1.68. The normalized spacial score (nSPS) is 10.5. The number of hydrogen-bond acceptors (Lipinski definition) is 3. The Balaban J connectivity index is 2.34. The van der Waals surface area contributed by atoms with Gasteiger partial charge in [-0.05, 0) is 0 Å². The maximum atomic E-state index is 11.2. The lowest BCUT2D eigenvalue weighted by molar-refractivity contribution is 0.0533. The molecule has 0 aliphatic heterocycles. The number of hydrogen-bond donors (Lipinski definition) is 2. The Morgan fingerprint density at radius 1 is 1.69 bits per heavy atom. The number of aromatic nitrogens is 1. The van der Waals surface area contributed by atoms with E-state index < -0.39 is 0 Å². The first-order chi connectivity index (χ1) is 6.31. The number of hydroxylamine groups is 1. The van der Waals surface area contributed by atoms with Crippen molar-refractivity contribution in [2.24, 2.45) is 0 Å². The van der Waals surface area contributed by atoms with Gasteiger partial charge in [-0.3, -0.25) is 9.63 Å². The van der Waals surface area contributed by atoms with Crippen LogP contribution in [0.1, 0.15) is 10.5 Å². The molecule has 2 N–H and O–H groups in total. The van der Waals surface area contributed by atoms with E-state index in [-0.39, 0.29) is 5.91 Å². The van der Waals surface area contributed by atoms with Crippen LogP contribution < -0.4 is 5.48 Å². The third kappa shape index (κ3) is 1.29. The summed E-state index contributed by atoms with van der Waals surface area (Å²) in [5, 5.41) is 0. The number of fused-ring (bicyclic) bond motifs is 1. The Morgan fingerprint density at radius 2 is 2.54 bits per heavy atom. The number of amides is 1. The van der Waals surface area contributed by atoms with Crippen LogP contribution >= 0.6 is 0 Å². The molecular weight excluding hydrogens is 172 g/mol. The van der Waals surface area contributed by atoms with Gasteiger partial charge in [0.15, 0.2) is 5.58 Å². The molecule has 2 aromatic heterocycles. The molecule has 1 amide bonds. The van der Waals surface area contributed by atoms with Crippen LogP contribution in [0.25, 0.3) is 11.1 Å². The Labute approximate surface area is 73.6 Å². The van der Waals surface area contributed by atoms with E-state index in [1.165, 1.54) is 7.11 Å². The molecule has 0 radical (unpaired) electrons. The fourth-order valence-electron chi connectivity index (χ4n) is 1.12. The van der Waals surface area contributed by atoms with Crippen LogP contribution in [-0.2, 0) is 4.84 Å². The first kappa shape index (κ1) is 7.88. The van der Waals surface area contributed by atoms with Crippen molar-refractivity contribution in [3.8, 4) is 0 Å². The summed E-state index contributed by atoms with van der Waals surface area (Å²) in [5.74, 6) is -0.325. The smallest absolute Gasteiger partial charge is 0.291 e. The highest BCUT2D eigenvalue weighted by atomic mass is 16.6. The van der Waals surface area contributed by atoms with Crippen LogP contribution in [0.3, 0.4) is 0 Å². The molecule has 0 atom stereocenters. The van der Waals surface area contributed by atoms with Crippen LogP contribution in [0, 0.1) is 0 Å². The summed E-state index contributed by atoms with van der Waals surface area (Å²) in [7, 11) is 1.38. The second-order valence-corrected chi connectivity index (χ2v) is 2.52. The summed E-state index contributed by atoms with van der Waals surface area (Å²) >= 11 is 0. The van der Waals surface area contributed by atoms with E-state index in [1.807, 2.05) is 0 Å². The standard InChI is InChI=1S/C8H8N2O3/c1-12-10-8(11)6-4-7-5(9-6)2-3-13-7/h2-4,9H,1H3,(H,10,11). The van der Waals surface area contributed by atoms with E-state index in [1.54, 1.807) is 18.4 Å². The molecule has 2 heterocycles. The molecule has 0 saturated carbocycles. The highest BCUT2D eigenvalue weighted by Gasteiger charge is 2.09. The zero-order chi connectivity index (χ0) is 9.26. The average Bonchev–Trinajstić information content (AvgIpc) is 2.61. The molecule has 68 valence electrons. The van der Waals surface area contributed by atoms with Crippen LogP contribution in [0.5, 0.6) is 0 Å². The summed E-state index contributed by atoms with van der Waals surface area (Å²) < 4.78 is 5.07. The number of rotatable bonds is 2. The Bertz CT molecular complexity index is 401. The van der Waals surface area contributed by atoms with Crippen LogP contribution in [0.4, 0.5) is 0 Å². The lowest BCUT2D eigenvalue weighted by Crippen LogP contribution is -2.21. The SMILES string of the molecule is CONC(=O)c1cc2occc2[nH]1. The minimum atomic E-state index is -0.325. The van der Waals surface area contributed by atoms with E-state index >= 15 is 0 Å². The maximum absolute atomic E-state index is 11.2. The van der Waals surface area contributed by atoms with Crippen LogP contribution in [0.15, 0.2) is 22.8 Å².